The first-order valence-corrected chi connectivity index (χ1v) is 10.0. The van der Waals surface area contributed by atoms with Crippen LogP contribution in [0.15, 0.2) is 11.0 Å². The van der Waals surface area contributed by atoms with Gasteiger partial charge in [-0.15, -0.1) is 12.4 Å². The van der Waals surface area contributed by atoms with Crippen molar-refractivity contribution in [2.75, 3.05) is 13.1 Å². The Hall–Kier alpha value is -0.620. The molecule has 3 atom stereocenters. The zero-order valence-corrected chi connectivity index (χ0v) is 16.6. The number of benzene rings is 1. The van der Waals surface area contributed by atoms with E-state index in [1.54, 1.807) is 4.31 Å². The summed E-state index contributed by atoms with van der Waals surface area (Å²) in [6.07, 6.45) is 3.25. The molecule has 1 saturated heterocycles. The molecule has 1 saturated carbocycles. The third-order valence-electron chi connectivity index (χ3n) is 6.02. The molecule has 2 N–H and O–H groups in total. The first kappa shape index (κ1) is 19.7. The van der Waals surface area contributed by atoms with Crippen molar-refractivity contribution in [2.45, 2.75) is 57.9 Å². The number of nitrogens with two attached hydrogens (primary N) is 1. The van der Waals surface area contributed by atoms with Crippen LogP contribution in [0.25, 0.3) is 0 Å². The van der Waals surface area contributed by atoms with Crippen LogP contribution in [0.2, 0.25) is 0 Å². The average molecular weight is 373 g/mol. The van der Waals surface area contributed by atoms with Gasteiger partial charge in [-0.05, 0) is 74.6 Å². The van der Waals surface area contributed by atoms with E-state index in [2.05, 4.69) is 6.07 Å². The van der Waals surface area contributed by atoms with E-state index in [1.807, 2.05) is 27.7 Å². The summed E-state index contributed by atoms with van der Waals surface area (Å²) in [7, 11) is -3.45. The lowest BCUT2D eigenvalue weighted by atomic mass is 9.78. The molecule has 0 aromatic heterocycles. The third-order valence-corrected chi connectivity index (χ3v) is 8.12. The number of halogens is 1. The zero-order valence-electron chi connectivity index (χ0n) is 15.0. The van der Waals surface area contributed by atoms with Crippen LogP contribution < -0.4 is 5.73 Å². The Morgan fingerprint density at radius 3 is 2.17 bits per heavy atom. The molecule has 6 heteroatoms. The highest BCUT2D eigenvalue weighted by atomic mass is 35.5. The Labute approximate surface area is 152 Å². The standard InChI is InChI=1S/C18H28N2O2S.ClH/c1-11-8-12(2)14(4)18(13(11)3)23(21,22)20-9-15-6-5-7-17(19)16(15)10-20;/h8,15-17H,5-7,9-10,19H2,1-4H3;1H. The molecule has 0 radical (unpaired) electrons. The van der Waals surface area contributed by atoms with Gasteiger partial charge in [0.05, 0.1) is 4.90 Å². The van der Waals surface area contributed by atoms with Crippen molar-refractivity contribution >= 4 is 22.4 Å². The van der Waals surface area contributed by atoms with Gasteiger partial charge in [0.2, 0.25) is 10.0 Å². The minimum Gasteiger partial charge on any atom is -0.327 e. The number of fused-ring (bicyclic) bond motifs is 1. The zero-order chi connectivity index (χ0) is 16.9. The van der Waals surface area contributed by atoms with Crippen molar-refractivity contribution in [1.82, 2.24) is 4.31 Å². The van der Waals surface area contributed by atoms with Gasteiger partial charge in [0.1, 0.15) is 0 Å². The Balaban J connectivity index is 0.00000208. The molecule has 3 unspecified atom stereocenters. The molecule has 2 aliphatic rings. The summed E-state index contributed by atoms with van der Waals surface area (Å²) in [5, 5.41) is 0. The van der Waals surface area contributed by atoms with Gasteiger partial charge in [-0.3, -0.25) is 0 Å². The van der Waals surface area contributed by atoms with Gasteiger partial charge in [-0.1, -0.05) is 12.5 Å². The smallest absolute Gasteiger partial charge is 0.243 e. The molecule has 24 heavy (non-hydrogen) atoms. The van der Waals surface area contributed by atoms with E-state index in [4.69, 9.17) is 5.73 Å². The number of sulfonamides is 1. The van der Waals surface area contributed by atoms with E-state index in [0.717, 1.165) is 41.5 Å². The molecule has 0 spiro atoms. The maximum Gasteiger partial charge on any atom is 0.243 e. The lowest BCUT2D eigenvalue weighted by Gasteiger charge is -2.29. The van der Waals surface area contributed by atoms with Crippen LogP contribution in [0.1, 0.15) is 41.5 Å². The number of nitrogens with zero attached hydrogens (tertiary/aromatic N) is 1. The van der Waals surface area contributed by atoms with Crippen LogP contribution in [0.3, 0.4) is 0 Å². The number of aryl methyl sites for hydroxylation is 2. The molecule has 1 aliphatic carbocycles. The van der Waals surface area contributed by atoms with Gasteiger partial charge in [0.25, 0.3) is 0 Å². The Morgan fingerprint density at radius 1 is 1.04 bits per heavy atom. The summed E-state index contributed by atoms with van der Waals surface area (Å²) in [6.45, 7) is 9.03. The Kier molecular flexibility index (Phi) is 5.70. The third kappa shape index (κ3) is 3.12. The van der Waals surface area contributed by atoms with Gasteiger partial charge >= 0.3 is 0 Å². The minimum absolute atomic E-state index is 0. The van der Waals surface area contributed by atoms with Crippen LogP contribution in [-0.4, -0.2) is 31.9 Å². The summed E-state index contributed by atoms with van der Waals surface area (Å²) >= 11 is 0. The van der Waals surface area contributed by atoms with Crippen LogP contribution >= 0.6 is 12.4 Å². The number of rotatable bonds is 2. The topological polar surface area (TPSA) is 63.4 Å². The Bertz CT molecular complexity index is 707. The quantitative estimate of drug-likeness (QED) is 0.867. The molecule has 0 amide bonds. The molecule has 136 valence electrons. The van der Waals surface area contributed by atoms with Crippen molar-refractivity contribution in [1.29, 1.82) is 0 Å². The Morgan fingerprint density at radius 2 is 1.62 bits per heavy atom. The minimum atomic E-state index is -3.45. The van der Waals surface area contributed by atoms with Gasteiger partial charge < -0.3 is 5.73 Å². The second kappa shape index (κ2) is 6.94. The summed E-state index contributed by atoms with van der Waals surface area (Å²) in [6, 6.07) is 2.22. The van der Waals surface area contributed by atoms with Gasteiger partial charge in [-0.2, -0.15) is 4.31 Å². The van der Waals surface area contributed by atoms with Crippen LogP contribution in [0, 0.1) is 39.5 Å². The van der Waals surface area contributed by atoms with E-state index < -0.39 is 10.0 Å². The molecule has 1 aromatic rings. The number of hydrogen-bond acceptors (Lipinski definition) is 3. The first-order chi connectivity index (χ1) is 10.7. The van der Waals surface area contributed by atoms with Crippen molar-refractivity contribution in [2.24, 2.45) is 17.6 Å². The predicted octanol–water partition coefficient (Wildman–Crippen LogP) is 3.09. The monoisotopic (exact) mass is 372 g/mol. The second-order valence-corrected chi connectivity index (χ2v) is 9.30. The van der Waals surface area contributed by atoms with Crippen molar-refractivity contribution in [3.8, 4) is 0 Å². The summed E-state index contributed by atoms with van der Waals surface area (Å²) in [4.78, 5) is 0.516. The largest absolute Gasteiger partial charge is 0.327 e. The van der Waals surface area contributed by atoms with Crippen molar-refractivity contribution < 1.29 is 8.42 Å². The van der Waals surface area contributed by atoms with Crippen LogP contribution in [0.5, 0.6) is 0 Å². The van der Waals surface area contributed by atoms with Crippen LogP contribution in [0.4, 0.5) is 0 Å². The summed E-state index contributed by atoms with van der Waals surface area (Å²) < 4.78 is 28.3. The van der Waals surface area contributed by atoms with Gasteiger partial charge in [0.15, 0.2) is 0 Å². The van der Waals surface area contributed by atoms with Gasteiger partial charge in [-0.25, -0.2) is 8.42 Å². The number of hydrogen-bond donors (Lipinski definition) is 1. The van der Waals surface area contributed by atoms with E-state index >= 15 is 0 Å². The summed E-state index contributed by atoms with van der Waals surface area (Å²) in [5.41, 5.74) is 10.1. The lowest BCUT2D eigenvalue weighted by molar-refractivity contribution is 0.260. The molecule has 1 aliphatic heterocycles. The molecular weight excluding hydrogens is 344 g/mol. The fourth-order valence-corrected chi connectivity index (χ4v) is 6.48. The van der Waals surface area contributed by atoms with Crippen molar-refractivity contribution in [3.63, 3.8) is 0 Å². The highest BCUT2D eigenvalue weighted by Crippen LogP contribution is 2.39. The van der Waals surface area contributed by atoms with E-state index in [9.17, 15) is 8.42 Å². The SMILES string of the molecule is Cc1cc(C)c(C)c(S(=O)(=O)N2CC3CCCC(N)C3C2)c1C.Cl. The van der Waals surface area contributed by atoms with E-state index in [0.29, 0.717) is 29.8 Å². The predicted molar refractivity (Wildman–Crippen MR) is 100 cm³/mol. The summed E-state index contributed by atoms with van der Waals surface area (Å²) in [5.74, 6) is 0.755. The van der Waals surface area contributed by atoms with Gasteiger partial charge in [0, 0.05) is 19.1 Å². The molecule has 2 fully saturated rings. The highest BCUT2D eigenvalue weighted by molar-refractivity contribution is 7.89. The normalized spacial score (nSPS) is 27.6. The van der Waals surface area contributed by atoms with E-state index in [-0.39, 0.29) is 18.4 Å². The van der Waals surface area contributed by atoms with Crippen LogP contribution in [-0.2, 0) is 10.0 Å². The molecule has 3 rings (SSSR count). The average Bonchev–Trinajstić information content (AvgIpc) is 2.92. The first-order valence-electron chi connectivity index (χ1n) is 8.56. The molecular formula is C18H29ClN2O2S. The van der Waals surface area contributed by atoms with E-state index in [1.165, 1.54) is 0 Å². The molecule has 0 bridgehead atoms. The fraction of sp³-hybridized carbons (Fsp3) is 0.667. The lowest BCUT2D eigenvalue weighted by Crippen LogP contribution is -2.38. The molecule has 1 heterocycles. The van der Waals surface area contributed by atoms with Crippen molar-refractivity contribution in [3.05, 3.63) is 28.3 Å². The maximum atomic E-state index is 13.3. The molecule has 1 aromatic carbocycles. The highest BCUT2D eigenvalue weighted by Gasteiger charge is 2.44. The fourth-order valence-electron chi connectivity index (χ4n) is 4.37. The second-order valence-electron chi connectivity index (χ2n) is 7.43. The molecule has 4 nitrogen and oxygen atoms in total. The maximum absolute atomic E-state index is 13.3.